The Morgan fingerprint density at radius 2 is 2.14 bits per heavy atom. The summed E-state index contributed by atoms with van der Waals surface area (Å²) >= 11 is 0. The lowest BCUT2D eigenvalue weighted by Crippen LogP contribution is -2.40. The van der Waals surface area contributed by atoms with Crippen LogP contribution in [-0.4, -0.2) is 42.2 Å². The molecule has 0 radical (unpaired) electrons. The minimum atomic E-state index is -0.120. The van der Waals surface area contributed by atoms with Crippen molar-refractivity contribution in [2.45, 2.75) is 59.0 Å². The standard InChI is InChI=1S/C22H30N2O4/c1-5-27-21(25)13-18-8-6-7-11-24(18)14-19-16(3)28-22(23-19)17-9-10-20(26-4)15(2)12-17/h9-10,12,18H,5-8,11,13-14H2,1-4H3/t18-/m1/s1. The third-order valence-electron chi connectivity index (χ3n) is 5.34. The fourth-order valence-electron chi connectivity index (χ4n) is 3.81. The van der Waals surface area contributed by atoms with Crippen LogP contribution in [0.25, 0.3) is 11.5 Å². The second-order valence-electron chi connectivity index (χ2n) is 7.34. The van der Waals surface area contributed by atoms with Gasteiger partial charge in [0.2, 0.25) is 5.89 Å². The Hall–Kier alpha value is -2.34. The monoisotopic (exact) mass is 386 g/mol. The van der Waals surface area contributed by atoms with Crippen molar-refractivity contribution in [1.29, 1.82) is 0 Å². The van der Waals surface area contributed by atoms with E-state index in [4.69, 9.17) is 18.9 Å². The summed E-state index contributed by atoms with van der Waals surface area (Å²) in [4.78, 5) is 19.1. The van der Waals surface area contributed by atoms with Crippen molar-refractivity contribution in [2.75, 3.05) is 20.3 Å². The van der Waals surface area contributed by atoms with Crippen LogP contribution in [0.15, 0.2) is 22.6 Å². The molecule has 152 valence electrons. The number of oxazole rings is 1. The molecule has 1 fully saturated rings. The molecule has 3 rings (SSSR count). The number of carbonyl (C=O) groups excluding carboxylic acids is 1. The van der Waals surface area contributed by atoms with Crippen molar-refractivity contribution < 1.29 is 18.7 Å². The summed E-state index contributed by atoms with van der Waals surface area (Å²) in [6.07, 6.45) is 3.74. The number of piperidine rings is 1. The van der Waals surface area contributed by atoms with Gasteiger partial charge in [0.15, 0.2) is 0 Å². The lowest BCUT2D eigenvalue weighted by Gasteiger charge is -2.34. The maximum atomic E-state index is 12.0. The van der Waals surface area contributed by atoms with Gasteiger partial charge in [0.1, 0.15) is 11.5 Å². The second-order valence-corrected chi connectivity index (χ2v) is 7.34. The van der Waals surface area contributed by atoms with E-state index in [0.717, 1.165) is 54.1 Å². The Bertz CT molecular complexity index is 815. The van der Waals surface area contributed by atoms with E-state index in [1.165, 1.54) is 0 Å². The van der Waals surface area contributed by atoms with Crippen LogP contribution >= 0.6 is 0 Å². The first-order valence-corrected chi connectivity index (χ1v) is 10.0. The van der Waals surface area contributed by atoms with E-state index in [2.05, 4.69) is 4.90 Å². The van der Waals surface area contributed by atoms with Crippen molar-refractivity contribution in [3.63, 3.8) is 0 Å². The molecule has 0 N–H and O–H groups in total. The van der Waals surface area contributed by atoms with Crippen LogP contribution < -0.4 is 4.74 Å². The van der Waals surface area contributed by atoms with E-state index in [1.54, 1.807) is 7.11 Å². The van der Waals surface area contributed by atoms with Crippen LogP contribution in [0, 0.1) is 13.8 Å². The molecule has 1 aliphatic rings. The van der Waals surface area contributed by atoms with Crippen LogP contribution in [0.5, 0.6) is 5.75 Å². The van der Waals surface area contributed by atoms with E-state index in [-0.39, 0.29) is 12.0 Å². The van der Waals surface area contributed by atoms with Gasteiger partial charge in [0, 0.05) is 18.2 Å². The van der Waals surface area contributed by atoms with Crippen molar-refractivity contribution in [2.24, 2.45) is 0 Å². The van der Waals surface area contributed by atoms with Gasteiger partial charge in [0.05, 0.1) is 25.8 Å². The lowest BCUT2D eigenvalue weighted by atomic mass is 9.99. The molecular weight excluding hydrogens is 356 g/mol. The predicted molar refractivity (Wildman–Crippen MR) is 107 cm³/mol. The average Bonchev–Trinajstić information content (AvgIpc) is 3.04. The van der Waals surface area contributed by atoms with Crippen molar-refractivity contribution in [3.05, 3.63) is 35.2 Å². The lowest BCUT2D eigenvalue weighted by molar-refractivity contribution is -0.145. The number of aromatic nitrogens is 1. The van der Waals surface area contributed by atoms with Gasteiger partial charge < -0.3 is 13.9 Å². The van der Waals surface area contributed by atoms with Gasteiger partial charge in [-0.3, -0.25) is 9.69 Å². The summed E-state index contributed by atoms with van der Waals surface area (Å²) < 4.78 is 16.4. The van der Waals surface area contributed by atoms with Gasteiger partial charge >= 0.3 is 5.97 Å². The molecule has 2 aromatic rings. The van der Waals surface area contributed by atoms with Gasteiger partial charge in [-0.05, 0) is 63.9 Å². The molecule has 0 unspecified atom stereocenters. The number of benzene rings is 1. The fourth-order valence-corrected chi connectivity index (χ4v) is 3.81. The van der Waals surface area contributed by atoms with Crippen molar-refractivity contribution in [3.8, 4) is 17.2 Å². The first-order valence-electron chi connectivity index (χ1n) is 10.0. The molecule has 1 aromatic heterocycles. The number of hydrogen-bond acceptors (Lipinski definition) is 6. The Morgan fingerprint density at radius 3 is 2.86 bits per heavy atom. The van der Waals surface area contributed by atoms with Crippen LogP contribution in [0.3, 0.4) is 0 Å². The Balaban J connectivity index is 1.75. The molecule has 1 aliphatic heterocycles. The quantitative estimate of drug-likeness (QED) is 0.662. The maximum Gasteiger partial charge on any atom is 0.307 e. The Kier molecular flexibility index (Phi) is 6.73. The molecule has 0 bridgehead atoms. The third-order valence-corrected chi connectivity index (χ3v) is 5.34. The molecule has 0 amide bonds. The summed E-state index contributed by atoms with van der Waals surface area (Å²) in [5.74, 6) is 2.18. The normalized spacial score (nSPS) is 17.5. The zero-order valence-corrected chi connectivity index (χ0v) is 17.3. The maximum absolute atomic E-state index is 12.0. The van der Waals surface area contributed by atoms with Crippen LogP contribution in [-0.2, 0) is 16.1 Å². The molecule has 2 heterocycles. The zero-order valence-electron chi connectivity index (χ0n) is 17.3. The van der Waals surface area contributed by atoms with Crippen LogP contribution in [0.2, 0.25) is 0 Å². The van der Waals surface area contributed by atoms with Crippen LogP contribution in [0.1, 0.15) is 49.6 Å². The third kappa shape index (κ3) is 4.73. The highest BCUT2D eigenvalue weighted by molar-refractivity contribution is 5.70. The molecule has 0 aliphatic carbocycles. The van der Waals surface area contributed by atoms with E-state index < -0.39 is 0 Å². The molecule has 6 heteroatoms. The van der Waals surface area contributed by atoms with Gasteiger partial charge in [-0.1, -0.05) is 6.42 Å². The molecule has 1 atom stereocenters. The predicted octanol–water partition coefficient (Wildman–Crippen LogP) is 4.27. The molecule has 1 aromatic carbocycles. The summed E-state index contributed by atoms with van der Waals surface area (Å²) in [5, 5.41) is 0. The van der Waals surface area contributed by atoms with Gasteiger partial charge in [0.25, 0.3) is 0 Å². The number of aryl methyl sites for hydroxylation is 2. The summed E-state index contributed by atoms with van der Waals surface area (Å²) in [5.41, 5.74) is 2.91. The SMILES string of the molecule is CCOC(=O)C[C@H]1CCCCN1Cc1nc(-c2ccc(OC)c(C)c2)oc1C. The molecule has 28 heavy (non-hydrogen) atoms. The zero-order chi connectivity index (χ0) is 20.1. The van der Waals surface area contributed by atoms with E-state index in [0.29, 0.717) is 25.5 Å². The van der Waals surface area contributed by atoms with E-state index >= 15 is 0 Å². The number of esters is 1. The Morgan fingerprint density at radius 1 is 1.32 bits per heavy atom. The number of methoxy groups -OCH3 is 1. The minimum absolute atomic E-state index is 0.120. The summed E-state index contributed by atoms with van der Waals surface area (Å²) in [6.45, 7) is 7.89. The highest BCUT2D eigenvalue weighted by Crippen LogP contribution is 2.29. The van der Waals surface area contributed by atoms with Gasteiger partial charge in [-0.2, -0.15) is 0 Å². The summed E-state index contributed by atoms with van der Waals surface area (Å²) in [7, 11) is 1.67. The fraction of sp³-hybridized carbons (Fsp3) is 0.545. The number of likely N-dealkylation sites (tertiary alicyclic amines) is 1. The van der Waals surface area contributed by atoms with Crippen molar-refractivity contribution in [1.82, 2.24) is 9.88 Å². The van der Waals surface area contributed by atoms with E-state index in [9.17, 15) is 4.79 Å². The number of nitrogens with zero attached hydrogens (tertiary/aromatic N) is 2. The molecule has 1 saturated heterocycles. The highest BCUT2D eigenvalue weighted by Gasteiger charge is 2.27. The molecule has 6 nitrogen and oxygen atoms in total. The first-order chi connectivity index (χ1) is 13.5. The smallest absolute Gasteiger partial charge is 0.307 e. The number of hydrogen-bond donors (Lipinski definition) is 0. The molecular formula is C22H30N2O4. The van der Waals surface area contributed by atoms with Crippen LogP contribution in [0.4, 0.5) is 0 Å². The minimum Gasteiger partial charge on any atom is -0.496 e. The first kappa shape index (κ1) is 20.4. The molecule has 0 saturated carbocycles. The van der Waals surface area contributed by atoms with Gasteiger partial charge in [-0.25, -0.2) is 4.98 Å². The Labute approximate surface area is 166 Å². The topological polar surface area (TPSA) is 64.8 Å². The van der Waals surface area contributed by atoms with E-state index in [1.807, 2.05) is 39.0 Å². The highest BCUT2D eigenvalue weighted by atomic mass is 16.5. The number of carbonyl (C=O) groups is 1. The molecule has 0 spiro atoms. The second kappa shape index (κ2) is 9.24. The number of rotatable bonds is 7. The van der Waals surface area contributed by atoms with Crippen molar-refractivity contribution >= 4 is 5.97 Å². The average molecular weight is 386 g/mol. The van der Waals surface area contributed by atoms with Gasteiger partial charge in [-0.15, -0.1) is 0 Å². The number of ether oxygens (including phenoxy) is 2. The summed E-state index contributed by atoms with van der Waals surface area (Å²) in [6, 6.07) is 6.13. The largest absolute Gasteiger partial charge is 0.496 e.